The van der Waals surface area contributed by atoms with Crippen LogP contribution in [0.3, 0.4) is 0 Å². The highest BCUT2D eigenvalue weighted by Crippen LogP contribution is 2.66. The average molecular weight is 563 g/mol. The van der Waals surface area contributed by atoms with Crippen molar-refractivity contribution in [2.24, 2.45) is 46.3 Å². The molecular formula is C37H54O4. The zero-order valence-electron chi connectivity index (χ0n) is 26.6. The van der Waals surface area contributed by atoms with Crippen LogP contribution in [-0.4, -0.2) is 29.4 Å². The van der Waals surface area contributed by atoms with Gasteiger partial charge in [0.05, 0.1) is 18.8 Å². The molecule has 4 nitrogen and oxygen atoms in total. The number of hydrogen-bond acceptors (Lipinski definition) is 4. The van der Waals surface area contributed by atoms with Crippen molar-refractivity contribution >= 4 is 5.97 Å². The SMILES string of the molecule is CC(=O)O[C@H]1CC[C@@]2(C)C(=CC[C@@H]3[C@@H]2CC[C@]2(C)C([C@@H](C)[C@@H](O)[C@H](OCc4ccccc4)[C@@H](C)C(C)C)=CC[C@@H]32)C1. The predicted molar refractivity (Wildman–Crippen MR) is 165 cm³/mol. The number of ether oxygens (including phenoxy) is 2. The van der Waals surface area contributed by atoms with Crippen LogP contribution in [0.1, 0.15) is 99.0 Å². The predicted octanol–water partition coefficient (Wildman–Crippen LogP) is 8.29. The summed E-state index contributed by atoms with van der Waals surface area (Å²) in [6, 6.07) is 10.3. The summed E-state index contributed by atoms with van der Waals surface area (Å²) in [7, 11) is 0. The third-order valence-electron chi connectivity index (χ3n) is 12.2. The van der Waals surface area contributed by atoms with Crippen molar-refractivity contribution in [1.29, 1.82) is 0 Å². The maximum Gasteiger partial charge on any atom is 0.302 e. The monoisotopic (exact) mass is 562 g/mol. The quantitative estimate of drug-likeness (QED) is 0.243. The normalized spacial score (nSPS) is 35.7. The molecule has 226 valence electrons. The van der Waals surface area contributed by atoms with E-state index in [0.717, 1.165) is 37.7 Å². The van der Waals surface area contributed by atoms with Gasteiger partial charge in [0, 0.05) is 19.3 Å². The zero-order chi connectivity index (χ0) is 29.5. The van der Waals surface area contributed by atoms with E-state index < -0.39 is 6.10 Å². The highest BCUT2D eigenvalue weighted by molar-refractivity contribution is 5.66. The van der Waals surface area contributed by atoms with Gasteiger partial charge in [0.25, 0.3) is 0 Å². The molecule has 0 bridgehead atoms. The number of allylic oxidation sites excluding steroid dienone is 2. The largest absolute Gasteiger partial charge is 0.462 e. The molecule has 0 aliphatic heterocycles. The number of carbonyl (C=O) groups excluding carboxylic acids is 1. The molecule has 0 spiro atoms. The summed E-state index contributed by atoms with van der Waals surface area (Å²) >= 11 is 0. The Kier molecular flexibility index (Phi) is 8.94. The van der Waals surface area contributed by atoms with Crippen LogP contribution in [-0.2, 0) is 20.9 Å². The minimum atomic E-state index is -0.539. The number of esters is 1. The first-order valence-corrected chi connectivity index (χ1v) is 16.4. The smallest absolute Gasteiger partial charge is 0.302 e. The average Bonchev–Trinajstić information content (AvgIpc) is 3.30. The van der Waals surface area contributed by atoms with Gasteiger partial charge in [-0.3, -0.25) is 4.79 Å². The highest BCUT2D eigenvalue weighted by atomic mass is 16.5. The lowest BCUT2D eigenvalue weighted by Gasteiger charge is -2.58. The Morgan fingerprint density at radius 3 is 2.37 bits per heavy atom. The van der Waals surface area contributed by atoms with Gasteiger partial charge in [0.15, 0.2) is 0 Å². The first kappa shape index (κ1) is 30.5. The van der Waals surface area contributed by atoms with Crippen LogP contribution in [0.5, 0.6) is 0 Å². The molecule has 2 fully saturated rings. The number of benzene rings is 1. The van der Waals surface area contributed by atoms with E-state index in [0.29, 0.717) is 30.3 Å². The van der Waals surface area contributed by atoms with Crippen molar-refractivity contribution in [3.63, 3.8) is 0 Å². The highest BCUT2D eigenvalue weighted by Gasteiger charge is 2.57. The minimum absolute atomic E-state index is 0.0459. The second-order valence-electron chi connectivity index (χ2n) is 14.7. The molecular weight excluding hydrogens is 508 g/mol. The molecule has 4 aliphatic carbocycles. The summed E-state index contributed by atoms with van der Waals surface area (Å²) in [5, 5.41) is 11.9. The molecule has 4 aliphatic rings. The third-order valence-corrected chi connectivity index (χ3v) is 12.2. The van der Waals surface area contributed by atoms with Crippen molar-refractivity contribution in [1.82, 2.24) is 0 Å². The van der Waals surface area contributed by atoms with Crippen molar-refractivity contribution in [3.05, 3.63) is 59.2 Å². The lowest BCUT2D eigenvalue weighted by atomic mass is 9.47. The summed E-state index contributed by atoms with van der Waals surface area (Å²) in [6.45, 7) is 16.0. The van der Waals surface area contributed by atoms with E-state index >= 15 is 0 Å². The van der Waals surface area contributed by atoms with Crippen molar-refractivity contribution < 1.29 is 19.4 Å². The molecule has 0 radical (unpaired) electrons. The lowest BCUT2D eigenvalue weighted by Crippen LogP contribution is -2.51. The van der Waals surface area contributed by atoms with Gasteiger partial charge in [-0.2, -0.15) is 0 Å². The van der Waals surface area contributed by atoms with Gasteiger partial charge in [0.2, 0.25) is 0 Å². The van der Waals surface area contributed by atoms with Gasteiger partial charge in [-0.05, 0) is 84.5 Å². The molecule has 10 atom stereocenters. The lowest BCUT2D eigenvalue weighted by molar-refractivity contribution is -0.148. The maximum absolute atomic E-state index is 11.9. The van der Waals surface area contributed by atoms with E-state index in [4.69, 9.17) is 9.47 Å². The maximum atomic E-state index is 11.9. The van der Waals surface area contributed by atoms with Gasteiger partial charge in [-0.15, -0.1) is 0 Å². The van der Waals surface area contributed by atoms with Crippen molar-refractivity contribution in [2.45, 2.75) is 118 Å². The summed E-state index contributed by atoms with van der Waals surface area (Å²) in [6.07, 6.45) is 12.0. The van der Waals surface area contributed by atoms with E-state index in [1.165, 1.54) is 30.9 Å². The Labute approximate surface area is 249 Å². The summed E-state index contributed by atoms with van der Waals surface area (Å²) in [4.78, 5) is 11.6. The molecule has 5 rings (SSSR count). The molecule has 1 N–H and O–H groups in total. The van der Waals surface area contributed by atoms with E-state index in [9.17, 15) is 9.90 Å². The molecule has 0 heterocycles. The van der Waals surface area contributed by atoms with E-state index in [1.807, 2.05) is 6.07 Å². The Hall–Kier alpha value is -1.91. The number of hydrogen-bond donors (Lipinski definition) is 1. The third kappa shape index (κ3) is 5.73. The van der Waals surface area contributed by atoms with Crippen LogP contribution < -0.4 is 0 Å². The fraction of sp³-hybridized carbons (Fsp3) is 0.703. The first-order valence-electron chi connectivity index (χ1n) is 16.4. The molecule has 1 aromatic carbocycles. The van der Waals surface area contributed by atoms with Gasteiger partial charge >= 0.3 is 5.97 Å². The van der Waals surface area contributed by atoms with Gasteiger partial charge < -0.3 is 14.6 Å². The van der Waals surface area contributed by atoms with Crippen LogP contribution in [0.2, 0.25) is 0 Å². The molecule has 41 heavy (non-hydrogen) atoms. The van der Waals surface area contributed by atoms with Crippen LogP contribution in [0, 0.1) is 46.3 Å². The van der Waals surface area contributed by atoms with E-state index in [2.05, 4.69) is 78.0 Å². The summed E-state index contributed by atoms with van der Waals surface area (Å²) < 4.78 is 12.2. The molecule has 0 amide bonds. The van der Waals surface area contributed by atoms with Crippen molar-refractivity contribution in [2.75, 3.05) is 0 Å². The fourth-order valence-corrected chi connectivity index (χ4v) is 9.45. The Bertz CT molecular complexity index is 1140. The van der Waals surface area contributed by atoms with Gasteiger partial charge in [-0.25, -0.2) is 0 Å². The number of aliphatic hydroxyl groups is 1. The topological polar surface area (TPSA) is 55.8 Å². The Morgan fingerprint density at radius 1 is 0.976 bits per heavy atom. The molecule has 0 unspecified atom stereocenters. The molecule has 0 saturated heterocycles. The van der Waals surface area contributed by atoms with E-state index in [-0.39, 0.29) is 40.8 Å². The van der Waals surface area contributed by atoms with Crippen LogP contribution >= 0.6 is 0 Å². The summed E-state index contributed by atoms with van der Waals surface area (Å²) in [5.41, 5.74) is 4.51. The number of aliphatic hydroxyl groups excluding tert-OH is 1. The van der Waals surface area contributed by atoms with Crippen molar-refractivity contribution in [3.8, 4) is 0 Å². The van der Waals surface area contributed by atoms with E-state index in [1.54, 1.807) is 0 Å². The summed E-state index contributed by atoms with van der Waals surface area (Å²) in [5.74, 6) is 2.57. The first-order chi connectivity index (χ1) is 19.5. The Balaban J connectivity index is 1.32. The standard InChI is InChI=1S/C37H54O4/c1-23(2)24(3)35(40-22-27-11-9-8-10-12-27)34(39)25(4)31-15-16-32-30-14-13-28-21-29(41-26(5)38)17-19-36(28,6)33(30)18-20-37(31,32)7/h8-13,15,23-25,29-30,32-35,39H,14,16-22H2,1-7H3/t24-,25+,29-,30-,32-,33-,34+,35+,36-,37+/m0/s1. The Morgan fingerprint density at radius 2 is 1.68 bits per heavy atom. The van der Waals surface area contributed by atoms with Crippen LogP contribution in [0.25, 0.3) is 0 Å². The molecule has 0 aromatic heterocycles. The molecule has 4 heteroatoms. The number of fused-ring (bicyclic) bond motifs is 5. The second kappa shape index (κ2) is 12.0. The minimum Gasteiger partial charge on any atom is -0.462 e. The van der Waals surface area contributed by atoms with Gasteiger partial charge in [0.1, 0.15) is 6.10 Å². The fourth-order valence-electron chi connectivity index (χ4n) is 9.45. The van der Waals surface area contributed by atoms with Gasteiger partial charge in [-0.1, -0.05) is 95.2 Å². The van der Waals surface area contributed by atoms with Crippen LogP contribution in [0.15, 0.2) is 53.6 Å². The number of rotatable bonds is 9. The zero-order valence-corrected chi connectivity index (χ0v) is 26.6. The molecule has 1 aromatic rings. The second-order valence-corrected chi connectivity index (χ2v) is 14.7. The molecule has 2 saturated carbocycles. The number of carbonyl (C=O) groups is 1. The van der Waals surface area contributed by atoms with Crippen LogP contribution in [0.4, 0.5) is 0 Å².